The van der Waals surface area contributed by atoms with Gasteiger partial charge in [-0.2, -0.15) is 0 Å². The van der Waals surface area contributed by atoms with Crippen molar-refractivity contribution >= 4 is 28.9 Å². The normalized spacial score (nSPS) is 10.7. The van der Waals surface area contributed by atoms with Crippen LogP contribution in [0.3, 0.4) is 0 Å². The first-order chi connectivity index (χ1) is 12.6. The van der Waals surface area contributed by atoms with Gasteiger partial charge in [-0.25, -0.2) is 4.98 Å². The zero-order valence-corrected chi connectivity index (χ0v) is 15.1. The number of carbonyl (C=O) groups is 2. The lowest BCUT2D eigenvalue weighted by Gasteiger charge is -2.05. The molecule has 0 bridgehead atoms. The third-order valence-electron chi connectivity index (χ3n) is 3.90. The Balaban J connectivity index is 1.86. The van der Waals surface area contributed by atoms with E-state index in [-0.39, 0.29) is 29.9 Å². The highest BCUT2D eigenvalue weighted by Gasteiger charge is 2.21. The van der Waals surface area contributed by atoms with Gasteiger partial charge < -0.3 is 10.6 Å². The lowest BCUT2D eigenvalue weighted by atomic mass is 10.2. The van der Waals surface area contributed by atoms with E-state index in [4.69, 9.17) is 11.6 Å². The number of imidazole rings is 1. The molecule has 3 aromatic rings. The second-order valence-electron chi connectivity index (χ2n) is 5.77. The topological polar surface area (TPSA) is 75.5 Å². The van der Waals surface area contributed by atoms with Gasteiger partial charge in [0.2, 0.25) is 5.82 Å². The van der Waals surface area contributed by atoms with Gasteiger partial charge in [0.25, 0.3) is 11.8 Å². The highest BCUT2D eigenvalue weighted by molar-refractivity contribution is 6.31. The lowest BCUT2D eigenvalue weighted by Crippen LogP contribution is -2.26. The Kier molecular flexibility index (Phi) is 5.53. The van der Waals surface area contributed by atoms with Gasteiger partial charge in [-0.05, 0) is 30.2 Å². The average Bonchev–Trinajstić information content (AvgIpc) is 3.05. The summed E-state index contributed by atoms with van der Waals surface area (Å²) >= 11 is 6.12. The van der Waals surface area contributed by atoms with E-state index >= 15 is 0 Å². The third-order valence-corrected chi connectivity index (χ3v) is 4.27. The van der Waals surface area contributed by atoms with Gasteiger partial charge in [-0.15, -0.1) is 0 Å². The summed E-state index contributed by atoms with van der Waals surface area (Å²) in [4.78, 5) is 29.2. The maximum absolute atomic E-state index is 12.6. The highest BCUT2D eigenvalue weighted by atomic mass is 35.5. The number of fused-ring (bicyclic) bond motifs is 1. The van der Waals surface area contributed by atoms with E-state index in [1.54, 1.807) is 34.9 Å². The molecule has 0 fully saturated rings. The smallest absolute Gasteiger partial charge is 0.287 e. The van der Waals surface area contributed by atoms with Crippen LogP contribution in [-0.4, -0.2) is 27.7 Å². The fraction of sp³-hybridized carbons (Fsp3) is 0.211. The van der Waals surface area contributed by atoms with Gasteiger partial charge in [0.05, 0.1) is 5.52 Å². The molecule has 0 atom stereocenters. The number of nitrogens with zero attached hydrogens (tertiary/aromatic N) is 2. The molecule has 1 aromatic carbocycles. The van der Waals surface area contributed by atoms with Crippen molar-refractivity contribution in [2.24, 2.45) is 0 Å². The molecule has 0 aliphatic rings. The third kappa shape index (κ3) is 3.70. The van der Waals surface area contributed by atoms with Gasteiger partial charge in [-0.1, -0.05) is 42.8 Å². The molecule has 26 heavy (non-hydrogen) atoms. The Morgan fingerprint density at radius 1 is 1.08 bits per heavy atom. The number of amides is 2. The second-order valence-corrected chi connectivity index (χ2v) is 6.18. The minimum absolute atomic E-state index is 0.192. The van der Waals surface area contributed by atoms with Crippen LogP contribution in [-0.2, 0) is 6.54 Å². The minimum Gasteiger partial charge on any atom is -0.349 e. The molecule has 0 aliphatic carbocycles. The molecular formula is C19H19ClN4O2. The first-order valence-electron chi connectivity index (χ1n) is 8.38. The standard InChI is InChI=1S/C19H19ClN4O2/c1-2-10-21-19(26)17-23-16(15-9-5-6-11-24(15)17)18(25)22-12-13-7-3-4-8-14(13)20/h3-9,11H,2,10,12H2,1H3,(H,21,26)(H,22,25). The fourth-order valence-corrected chi connectivity index (χ4v) is 2.79. The van der Waals surface area contributed by atoms with Crippen molar-refractivity contribution in [2.45, 2.75) is 19.9 Å². The van der Waals surface area contributed by atoms with Crippen LogP contribution >= 0.6 is 11.6 Å². The van der Waals surface area contributed by atoms with E-state index < -0.39 is 0 Å². The molecule has 3 rings (SSSR count). The first kappa shape index (κ1) is 17.9. The summed E-state index contributed by atoms with van der Waals surface area (Å²) in [5.41, 5.74) is 1.59. The Morgan fingerprint density at radius 3 is 2.62 bits per heavy atom. The van der Waals surface area contributed by atoms with Gasteiger partial charge >= 0.3 is 0 Å². The Labute approximate surface area is 156 Å². The van der Waals surface area contributed by atoms with Gasteiger partial charge in [-0.3, -0.25) is 14.0 Å². The summed E-state index contributed by atoms with van der Waals surface area (Å²) in [5.74, 6) is -0.474. The van der Waals surface area contributed by atoms with Crippen LogP contribution in [0.5, 0.6) is 0 Å². The molecule has 0 aliphatic heterocycles. The molecule has 2 heterocycles. The maximum atomic E-state index is 12.6. The van der Waals surface area contributed by atoms with Crippen molar-refractivity contribution in [1.82, 2.24) is 20.0 Å². The molecule has 2 amide bonds. The molecule has 134 valence electrons. The van der Waals surface area contributed by atoms with Gasteiger partial charge in [0, 0.05) is 24.3 Å². The molecule has 7 heteroatoms. The van der Waals surface area contributed by atoms with Crippen LogP contribution in [0, 0.1) is 0 Å². The Bertz CT molecular complexity index is 952. The van der Waals surface area contributed by atoms with Crippen molar-refractivity contribution in [3.63, 3.8) is 0 Å². The number of hydrogen-bond acceptors (Lipinski definition) is 3. The minimum atomic E-state index is -0.358. The second kappa shape index (κ2) is 8.01. The molecule has 0 saturated heterocycles. The summed E-state index contributed by atoms with van der Waals surface area (Å²) in [6.07, 6.45) is 2.54. The van der Waals surface area contributed by atoms with E-state index in [1.807, 2.05) is 25.1 Å². The van der Waals surface area contributed by atoms with Crippen LogP contribution in [0.15, 0.2) is 48.7 Å². The number of hydrogen-bond donors (Lipinski definition) is 2. The summed E-state index contributed by atoms with van der Waals surface area (Å²) in [5, 5.41) is 6.18. The molecule has 0 radical (unpaired) electrons. The predicted octanol–water partition coefficient (Wildman–Crippen LogP) is 3.06. The van der Waals surface area contributed by atoms with Crippen molar-refractivity contribution in [3.8, 4) is 0 Å². The summed E-state index contributed by atoms with van der Waals surface area (Å²) < 4.78 is 1.62. The predicted molar refractivity (Wildman–Crippen MR) is 100 cm³/mol. The fourth-order valence-electron chi connectivity index (χ4n) is 2.58. The Morgan fingerprint density at radius 2 is 1.85 bits per heavy atom. The number of pyridine rings is 1. The quantitative estimate of drug-likeness (QED) is 0.700. The molecule has 0 saturated carbocycles. The number of rotatable bonds is 6. The number of halogens is 1. The zero-order chi connectivity index (χ0) is 18.5. The zero-order valence-electron chi connectivity index (χ0n) is 14.3. The van der Waals surface area contributed by atoms with Crippen LogP contribution in [0.4, 0.5) is 0 Å². The largest absolute Gasteiger partial charge is 0.349 e. The summed E-state index contributed by atoms with van der Waals surface area (Å²) in [7, 11) is 0. The van der Waals surface area contributed by atoms with E-state index in [1.165, 1.54) is 0 Å². The van der Waals surface area contributed by atoms with E-state index in [2.05, 4.69) is 15.6 Å². The Hall–Kier alpha value is -2.86. The van der Waals surface area contributed by atoms with Crippen LogP contribution in [0.2, 0.25) is 5.02 Å². The number of carbonyl (C=O) groups excluding carboxylic acids is 2. The number of benzene rings is 1. The van der Waals surface area contributed by atoms with Crippen molar-refractivity contribution in [1.29, 1.82) is 0 Å². The van der Waals surface area contributed by atoms with Gasteiger partial charge in [0.1, 0.15) is 0 Å². The summed E-state index contributed by atoms with van der Waals surface area (Å²) in [6, 6.07) is 12.6. The first-order valence-corrected chi connectivity index (χ1v) is 8.76. The van der Waals surface area contributed by atoms with E-state index in [9.17, 15) is 9.59 Å². The van der Waals surface area contributed by atoms with E-state index in [0.29, 0.717) is 17.1 Å². The van der Waals surface area contributed by atoms with Crippen LogP contribution in [0.25, 0.3) is 5.52 Å². The van der Waals surface area contributed by atoms with Crippen molar-refractivity contribution in [3.05, 3.63) is 70.8 Å². The maximum Gasteiger partial charge on any atom is 0.287 e. The molecule has 2 aromatic heterocycles. The number of aromatic nitrogens is 2. The van der Waals surface area contributed by atoms with Crippen molar-refractivity contribution in [2.75, 3.05) is 6.54 Å². The highest BCUT2D eigenvalue weighted by Crippen LogP contribution is 2.16. The molecule has 6 nitrogen and oxygen atoms in total. The molecular weight excluding hydrogens is 352 g/mol. The van der Waals surface area contributed by atoms with Crippen LogP contribution in [0.1, 0.15) is 40.0 Å². The molecule has 0 spiro atoms. The van der Waals surface area contributed by atoms with E-state index in [0.717, 1.165) is 12.0 Å². The molecule has 0 unspecified atom stereocenters. The average molecular weight is 371 g/mol. The lowest BCUT2D eigenvalue weighted by molar-refractivity contribution is 0.0942. The molecule has 2 N–H and O–H groups in total. The number of nitrogens with one attached hydrogen (secondary N) is 2. The summed E-state index contributed by atoms with van der Waals surface area (Å²) in [6.45, 7) is 2.80. The van der Waals surface area contributed by atoms with Crippen LogP contribution < -0.4 is 10.6 Å². The monoisotopic (exact) mass is 370 g/mol. The SMILES string of the molecule is CCCNC(=O)c1nc(C(=O)NCc2ccccc2Cl)c2ccccn12. The van der Waals surface area contributed by atoms with Gasteiger partial charge in [0.15, 0.2) is 5.69 Å². The van der Waals surface area contributed by atoms with Crippen molar-refractivity contribution < 1.29 is 9.59 Å².